The molecule has 0 saturated carbocycles. The fourth-order valence-electron chi connectivity index (χ4n) is 5.01. The van der Waals surface area contributed by atoms with Crippen LogP contribution in [0.1, 0.15) is 11.1 Å². The number of fused-ring (bicyclic) bond motifs is 2. The zero-order valence-electron chi connectivity index (χ0n) is 25.5. The van der Waals surface area contributed by atoms with Crippen molar-refractivity contribution in [3.63, 3.8) is 0 Å². The molecule has 0 bridgehead atoms. The molecule has 0 aliphatic heterocycles. The molecule has 44 heavy (non-hydrogen) atoms. The first-order valence-electron chi connectivity index (χ1n) is 14.6. The van der Waals surface area contributed by atoms with Gasteiger partial charge in [0.1, 0.15) is 0 Å². The van der Waals surface area contributed by atoms with E-state index in [-0.39, 0.29) is 0 Å². The molecule has 7 rings (SSSR count). The topological polar surface area (TPSA) is 104 Å². The molecule has 2 aromatic heterocycles. The van der Waals surface area contributed by atoms with Crippen molar-refractivity contribution in [3.8, 4) is 45.0 Å². The molecule has 4 N–H and O–H groups in total. The maximum atomic E-state index is 5.07. The first kappa shape index (κ1) is 30.2. The minimum absolute atomic E-state index is 0.859. The predicted molar refractivity (Wildman–Crippen MR) is 184 cm³/mol. The van der Waals surface area contributed by atoms with Crippen molar-refractivity contribution in [2.24, 2.45) is 11.5 Å². The standard InChI is InChI=1S/C36H26N4.2CH5N/c1-23-11-15-25(16-12-23)33-35(39-31-9-5-3-7-29(31)37-33)27-19-21-28(22-20-27)36-34(26-17-13-24(2)14-18-26)38-30-8-4-6-10-32(30)40-36;2*1-2/h3-22H,1-2H3;2*2H2,1H3. The molecule has 0 aliphatic carbocycles. The molecule has 6 nitrogen and oxygen atoms in total. The fraction of sp³-hybridized carbons (Fsp3) is 0.105. The Morgan fingerprint density at radius 3 is 0.750 bits per heavy atom. The lowest BCUT2D eigenvalue weighted by Crippen LogP contribution is -1.97. The van der Waals surface area contributed by atoms with Gasteiger partial charge in [-0.3, -0.25) is 0 Å². The molecule has 0 saturated heterocycles. The summed E-state index contributed by atoms with van der Waals surface area (Å²) in [6.45, 7) is 4.19. The van der Waals surface area contributed by atoms with E-state index in [0.717, 1.165) is 67.1 Å². The highest BCUT2D eigenvalue weighted by atomic mass is 14.8. The monoisotopic (exact) mass is 576 g/mol. The second kappa shape index (κ2) is 13.8. The van der Waals surface area contributed by atoms with Crippen LogP contribution < -0.4 is 11.5 Å². The van der Waals surface area contributed by atoms with E-state index < -0.39 is 0 Å². The van der Waals surface area contributed by atoms with Gasteiger partial charge in [0, 0.05) is 22.3 Å². The van der Waals surface area contributed by atoms with Crippen molar-refractivity contribution in [1.29, 1.82) is 0 Å². The molecule has 0 radical (unpaired) electrons. The molecular formula is C38H36N6. The number of benzene rings is 5. The maximum Gasteiger partial charge on any atom is 0.0973 e. The molecular weight excluding hydrogens is 540 g/mol. The first-order chi connectivity index (χ1) is 21.6. The SMILES string of the molecule is CN.CN.Cc1ccc(-c2nc3ccccc3nc2-c2ccc(-c3nc4ccccc4nc3-c3ccc(C)cc3)cc2)cc1. The third-order valence-corrected chi connectivity index (χ3v) is 7.22. The second-order valence-corrected chi connectivity index (χ2v) is 10.1. The Bertz CT molecular complexity index is 1850. The summed E-state index contributed by atoms with van der Waals surface area (Å²) in [5, 5.41) is 0. The van der Waals surface area contributed by atoms with E-state index in [1.54, 1.807) is 0 Å². The number of nitrogens with two attached hydrogens (primary N) is 2. The molecule has 0 spiro atoms. The van der Waals surface area contributed by atoms with E-state index in [1.165, 1.54) is 25.2 Å². The summed E-state index contributed by atoms with van der Waals surface area (Å²) in [6, 6.07) is 41.4. The zero-order valence-corrected chi connectivity index (χ0v) is 25.5. The third-order valence-electron chi connectivity index (χ3n) is 7.22. The van der Waals surface area contributed by atoms with Crippen LogP contribution in [0.5, 0.6) is 0 Å². The van der Waals surface area contributed by atoms with E-state index in [4.69, 9.17) is 19.9 Å². The van der Waals surface area contributed by atoms with Crippen molar-refractivity contribution in [2.45, 2.75) is 13.8 Å². The molecule has 0 amide bonds. The van der Waals surface area contributed by atoms with Gasteiger partial charge in [-0.25, -0.2) is 19.9 Å². The Balaban J connectivity index is 0.000000924. The summed E-state index contributed by atoms with van der Waals surface area (Å²) < 4.78 is 0. The number of aromatic nitrogens is 4. The van der Waals surface area contributed by atoms with E-state index in [2.05, 4.69) is 98.1 Å². The highest BCUT2D eigenvalue weighted by Crippen LogP contribution is 2.35. The Hall–Kier alpha value is -5.30. The highest BCUT2D eigenvalue weighted by molar-refractivity contribution is 5.89. The molecule has 7 aromatic rings. The van der Waals surface area contributed by atoms with Crippen LogP contribution in [0.2, 0.25) is 0 Å². The Kier molecular flexibility index (Phi) is 9.45. The number of hydrogen-bond donors (Lipinski definition) is 2. The quantitative estimate of drug-likeness (QED) is 0.220. The van der Waals surface area contributed by atoms with E-state index in [0.29, 0.717) is 0 Å². The predicted octanol–water partition coefficient (Wildman–Crippen LogP) is 8.01. The number of nitrogens with zero attached hydrogens (tertiary/aromatic N) is 4. The van der Waals surface area contributed by atoms with Gasteiger partial charge in [0.2, 0.25) is 0 Å². The van der Waals surface area contributed by atoms with Crippen LogP contribution in [-0.2, 0) is 0 Å². The lowest BCUT2D eigenvalue weighted by Gasteiger charge is -2.13. The van der Waals surface area contributed by atoms with Crippen LogP contribution in [0, 0.1) is 13.8 Å². The van der Waals surface area contributed by atoms with Gasteiger partial charge in [0.25, 0.3) is 0 Å². The van der Waals surface area contributed by atoms with Crippen LogP contribution in [-0.4, -0.2) is 34.0 Å². The number of hydrogen-bond acceptors (Lipinski definition) is 6. The highest BCUT2D eigenvalue weighted by Gasteiger charge is 2.16. The average molecular weight is 577 g/mol. The van der Waals surface area contributed by atoms with Crippen molar-refractivity contribution in [1.82, 2.24) is 19.9 Å². The summed E-state index contributed by atoms with van der Waals surface area (Å²) >= 11 is 0. The molecule has 2 heterocycles. The van der Waals surface area contributed by atoms with Crippen molar-refractivity contribution in [3.05, 3.63) is 132 Å². The van der Waals surface area contributed by atoms with E-state index in [1.807, 2.05) is 48.5 Å². The summed E-state index contributed by atoms with van der Waals surface area (Å²) in [6.07, 6.45) is 0. The molecule has 0 aliphatic rings. The second-order valence-electron chi connectivity index (χ2n) is 10.1. The number of para-hydroxylation sites is 4. The average Bonchev–Trinajstić information content (AvgIpc) is 3.10. The fourth-order valence-corrected chi connectivity index (χ4v) is 5.01. The smallest absolute Gasteiger partial charge is 0.0973 e. The van der Waals surface area contributed by atoms with Crippen molar-refractivity contribution < 1.29 is 0 Å². The lowest BCUT2D eigenvalue weighted by atomic mass is 9.99. The van der Waals surface area contributed by atoms with Crippen LogP contribution in [0.15, 0.2) is 121 Å². The van der Waals surface area contributed by atoms with Crippen LogP contribution in [0.25, 0.3) is 67.1 Å². The minimum atomic E-state index is 0.859. The van der Waals surface area contributed by atoms with Crippen LogP contribution >= 0.6 is 0 Å². The summed E-state index contributed by atoms with van der Waals surface area (Å²) in [4.78, 5) is 20.2. The van der Waals surface area contributed by atoms with E-state index in [9.17, 15) is 0 Å². The maximum absolute atomic E-state index is 5.07. The van der Waals surface area contributed by atoms with Crippen molar-refractivity contribution >= 4 is 22.1 Å². The third kappa shape index (κ3) is 6.22. The molecule has 5 aromatic carbocycles. The summed E-state index contributed by atoms with van der Waals surface area (Å²) in [5.74, 6) is 0. The van der Waals surface area contributed by atoms with Gasteiger partial charge in [-0.2, -0.15) is 0 Å². The lowest BCUT2D eigenvalue weighted by molar-refractivity contribution is 1.28. The van der Waals surface area contributed by atoms with Crippen LogP contribution in [0.4, 0.5) is 0 Å². The van der Waals surface area contributed by atoms with Gasteiger partial charge in [-0.05, 0) is 52.2 Å². The largest absolute Gasteiger partial charge is 0.333 e. The summed E-state index contributed by atoms with van der Waals surface area (Å²) in [7, 11) is 3.00. The minimum Gasteiger partial charge on any atom is -0.333 e. The summed E-state index contributed by atoms with van der Waals surface area (Å²) in [5.41, 5.74) is 22.5. The van der Waals surface area contributed by atoms with Gasteiger partial charge in [-0.15, -0.1) is 0 Å². The van der Waals surface area contributed by atoms with Gasteiger partial charge in [0.05, 0.1) is 44.8 Å². The van der Waals surface area contributed by atoms with Gasteiger partial charge in [0.15, 0.2) is 0 Å². The molecule has 0 atom stereocenters. The van der Waals surface area contributed by atoms with Crippen molar-refractivity contribution in [2.75, 3.05) is 14.1 Å². The number of aryl methyl sites for hydroxylation is 2. The molecule has 218 valence electrons. The first-order valence-corrected chi connectivity index (χ1v) is 14.6. The van der Waals surface area contributed by atoms with Gasteiger partial charge in [-0.1, -0.05) is 108 Å². The van der Waals surface area contributed by atoms with E-state index >= 15 is 0 Å². The van der Waals surface area contributed by atoms with Gasteiger partial charge >= 0.3 is 0 Å². The van der Waals surface area contributed by atoms with Crippen LogP contribution in [0.3, 0.4) is 0 Å². The molecule has 0 unspecified atom stereocenters. The number of rotatable bonds is 4. The zero-order chi connectivity index (χ0) is 31.1. The normalized spacial score (nSPS) is 10.5. The molecule has 0 fully saturated rings. The molecule has 6 heteroatoms. The van der Waals surface area contributed by atoms with Gasteiger partial charge < -0.3 is 11.5 Å². The Morgan fingerprint density at radius 2 is 0.523 bits per heavy atom. The Morgan fingerprint density at radius 1 is 0.318 bits per heavy atom. The Labute approximate surface area is 258 Å².